The van der Waals surface area contributed by atoms with Gasteiger partial charge < -0.3 is 19.9 Å². The van der Waals surface area contributed by atoms with E-state index in [-0.39, 0.29) is 23.8 Å². The highest BCUT2D eigenvalue weighted by molar-refractivity contribution is 6.00. The Morgan fingerprint density at radius 2 is 1.85 bits per heavy atom. The van der Waals surface area contributed by atoms with Crippen molar-refractivity contribution in [2.24, 2.45) is 11.8 Å². The summed E-state index contributed by atoms with van der Waals surface area (Å²) in [6.07, 6.45) is 1.18. The zero-order valence-electron chi connectivity index (χ0n) is 22.3. The van der Waals surface area contributed by atoms with Crippen LogP contribution in [0.25, 0.3) is 0 Å². The van der Waals surface area contributed by atoms with Gasteiger partial charge in [-0.2, -0.15) is 13.2 Å². The number of nitrogens with one attached hydrogen (secondary N) is 1. The Bertz CT molecular complexity index is 1190. The van der Waals surface area contributed by atoms with Crippen molar-refractivity contribution in [1.82, 2.24) is 9.88 Å². The van der Waals surface area contributed by atoms with E-state index in [2.05, 4.69) is 27.3 Å². The van der Waals surface area contributed by atoms with Crippen LogP contribution in [0.1, 0.15) is 44.1 Å². The minimum atomic E-state index is -4.22. The van der Waals surface area contributed by atoms with Crippen LogP contribution in [-0.2, 0) is 16.1 Å². The number of ether oxygens (including phenoxy) is 1. The van der Waals surface area contributed by atoms with Gasteiger partial charge in [-0.25, -0.2) is 4.98 Å². The van der Waals surface area contributed by atoms with Gasteiger partial charge in [0, 0.05) is 42.5 Å². The van der Waals surface area contributed by atoms with Crippen molar-refractivity contribution in [3.05, 3.63) is 42.1 Å². The molecule has 2 aliphatic heterocycles. The number of anilines is 4. The predicted molar refractivity (Wildman–Crippen MR) is 144 cm³/mol. The van der Waals surface area contributed by atoms with Crippen molar-refractivity contribution < 1.29 is 22.7 Å². The van der Waals surface area contributed by atoms with E-state index in [0.29, 0.717) is 58.3 Å². The highest BCUT2D eigenvalue weighted by Gasteiger charge is 2.52. The van der Waals surface area contributed by atoms with E-state index in [1.165, 1.54) is 0 Å². The molecule has 2 aliphatic carbocycles. The molecule has 1 aromatic heterocycles. The molecule has 1 aromatic carbocycles. The second kappa shape index (κ2) is 10.6. The summed E-state index contributed by atoms with van der Waals surface area (Å²) in [7, 11) is 1.62. The van der Waals surface area contributed by atoms with Crippen molar-refractivity contribution in [2.45, 2.75) is 63.3 Å². The zero-order chi connectivity index (χ0) is 27.1. The average molecular weight is 544 g/mol. The third-order valence-electron chi connectivity index (χ3n) is 8.85. The minimum Gasteiger partial charge on any atom is -0.378 e. The first-order valence-corrected chi connectivity index (χ1v) is 14.1. The maximum Gasteiger partial charge on any atom is 0.404 e. The molecular formula is C29H36F3N5O2. The van der Waals surface area contributed by atoms with Gasteiger partial charge >= 0.3 is 6.18 Å². The first kappa shape index (κ1) is 26.4. The molecular weight excluding hydrogens is 507 g/mol. The third kappa shape index (κ3) is 5.45. The SMILES string of the molecule is CN(C1CCC(C(=O)N2Cc3cccnc3Nc3ccc(N4CCOCC4)cc32)CC1)C(C1CC1)C(F)(F)F. The molecule has 1 N–H and O–H groups in total. The van der Waals surface area contributed by atoms with Crippen molar-refractivity contribution in [3.63, 3.8) is 0 Å². The predicted octanol–water partition coefficient (Wildman–Crippen LogP) is 5.34. The first-order valence-electron chi connectivity index (χ1n) is 14.1. The number of hydrogen-bond donors (Lipinski definition) is 1. The molecule has 2 saturated carbocycles. The Morgan fingerprint density at radius 3 is 2.54 bits per heavy atom. The van der Waals surface area contributed by atoms with Crippen LogP contribution in [0, 0.1) is 11.8 Å². The fourth-order valence-electron chi connectivity index (χ4n) is 6.55. The van der Waals surface area contributed by atoms with Crippen LogP contribution in [-0.4, -0.2) is 67.4 Å². The van der Waals surface area contributed by atoms with Gasteiger partial charge in [-0.15, -0.1) is 0 Å². The van der Waals surface area contributed by atoms with Gasteiger partial charge in [-0.1, -0.05) is 6.07 Å². The molecule has 1 unspecified atom stereocenters. The number of benzene rings is 1. The van der Waals surface area contributed by atoms with Crippen LogP contribution in [0.4, 0.5) is 36.1 Å². The fraction of sp³-hybridized carbons (Fsp3) is 0.586. The van der Waals surface area contributed by atoms with E-state index in [0.717, 1.165) is 41.5 Å². The number of nitrogens with zero attached hydrogens (tertiary/aromatic N) is 4. The molecule has 2 aromatic rings. The van der Waals surface area contributed by atoms with Gasteiger partial charge in [0.15, 0.2) is 0 Å². The summed E-state index contributed by atoms with van der Waals surface area (Å²) < 4.78 is 46.9. The number of alkyl halides is 3. The number of fused-ring (bicyclic) bond motifs is 2. The van der Waals surface area contributed by atoms with Crippen molar-refractivity contribution >= 4 is 28.8 Å². The molecule has 6 rings (SSSR count). The van der Waals surface area contributed by atoms with Gasteiger partial charge in [0.2, 0.25) is 5.91 Å². The summed E-state index contributed by atoms with van der Waals surface area (Å²) in [4.78, 5) is 24.3. The van der Waals surface area contributed by atoms with E-state index in [4.69, 9.17) is 4.74 Å². The number of hydrogen-bond acceptors (Lipinski definition) is 6. The standard InChI is InChI=1S/C29H36F3N5O2/c1-35(26(19-4-5-19)29(30,31)32)22-8-6-20(7-9-22)28(38)37-18-21-3-2-12-33-27(21)34-24-11-10-23(17-25(24)37)36-13-15-39-16-14-36/h2-3,10-12,17,19-20,22,26H,4-9,13-16,18H2,1H3,(H,33,34). The summed E-state index contributed by atoms with van der Waals surface area (Å²) in [5.41, 5.74) is 3.61. The highest BCUT2D eigenvalue weighted by atomic mass is 19.4. The molecule has 0 bridgehead atoms. The van der Waals surface area contributed by atoms with E-state index >= 15 is 0 Å². The largest absolute Gasteiger partial charge is 0.404 e. The van der Waals surface area contributed by atoms with Crippen LogP contribution in [0.2, 0.25) is 0 Å². The van der Waals surface area contributed by atoms with Gasteiger partial charge in [0.1, 0.15) is 11.9 Å². The molecule has 4 aliphatic rings. The summed E-state index contributed by atoms with van der Waals surface area (Å²) in [6.45, 7) is 3.31. The molecule has 3 heterocycles. The third-order valence-corrected chi connectivity index (χ3v) is 8.85. The van der Waals surface area contributed by atoms with Crippen LogP contribution in [0.5, 0.6) is 0 Å². The second-order valence-corrected chi connectivity index (χ2v) is 11.4. The Morgan fingerprint density at radius 1 is 1.10 bits per heavy atom. The number of halogens is 3. The number of carbonyl (C=O) groups excluding carboxylic acids is 1. The number of carbonyl (C=O) groups is 1. The quantitative estimate of drug-likeness (QED) is 0.550. The van der Waals surface area contributed by atoms with E-state index in [1.54, 1.807) is 18.1 Å². The lowest BCUT2D eigenvalue weighted by Crippen LogP contribution is -2.51. The number of amides is 1. The normalized spacial score (nSPS) is 24.4. The number of pyridine rings is 1. The topological polar surface area (TPSA) is 60.9 Å². The molecule has 0 radical (unpaired) electrons. The molecule has 0 spiro atoms. The minimum absolute atomic E-state index is 0.0320. The van der Waals surface area contributed by atoms with Gasteiger partial charge in [0.25, 0.3) is 0 Å². The summed E-state index contributed by atoms with van der Waals surface area (Å²) >= 11 is 0. The van der Waals surface area contributed by atoms with Gasteiger partial charge in [-0.3, -0.25) is 9.69 Å². The summed E-state index contributed by atoms with van der Waals surface area (Å²) in [5.74, 6) is 0.254. The maximum absolute atomic E-state index is 14.1. The van der Waals surface area contributed by atoms with Crippen LogP contribution < -0.4 is 15.1 Å². The molecule has 39 heavy (non-hydrogen) atoms. The van der Waals surface area contributed by atoms with Gasteiger partial charge in [-0.05, 0) is 75.8 Å². The van der Waals surface area contributed by atoms with E-state index in [1.807, 2.05) is 23.1 Å². The molecule has 7 nitrogen and oxygen atoms in total. The monoisotopic (exact) mass is 543 g/mol. The van der Waals surface area contributed by atoms with Crippen LogP contribution >= 0.6 is 0 Å². The molecule has 1 atom stereocenters. The first-order chi connectivity index (χ1) is 18.8. The zero-order valence-corrected chi connectivity index (χ0v) is 22.3. The van der Waals surface area contributed by atoms with Crippen molar-refractivity contribution in [1.29, 1.82) is 0 Å². The van der Waals surface area contributed by atoms with E-state index in [9.17, 15) is 18.0 Å². The Labute approximate surface area is 227 Å². The van der Waals surface area contributed by atoms with Crippen molar-refractivity contribution in [2.75, 3.05) is 48.5 Å². The number of rotatable bonds is 5. The fourth-order valence-corrected chi connectivity index (χ4v) is 6.55. The van der Waals surface area contributed by atoms with Crippen LogP contribution in [0.3, 0.4) is 0 Å². The van der Waals surface area contributed by atoms with Gasteiger partial charge in [0.05, 0.1) is 31.1 Å². The summed E-state index contributed by atoms with van der Waals surface area (Å²) in [6, 6.07) is 8.46. The Kier molecular flexibility index (Phi) is 7.18. The molecule has 1 saturated heterocycles. The molecule has 210 valence electrons. The van der Waals surface area contributed by atoms with Crippen LogP contribution in [0.15, 0.2) is 36.5 Å². The lowest BCUT2D eigenvalue weighted by Gasteiger charge is -2.40. The number of aromatic nitrogens is 1. The molecule has 1 amide bonds. The van der Waals surface area contributed by atoms with Crippen molar-refractivity contribution in [3.8, 4) is 0 Å². The maximum atomic E-state index is 14.1. The summed E-state index contributed by atoms with van der Waals surface area (Å²) in [5, 5.41) is 3.42. The lowest BCUT2D eigenvalue weighted by atomic mass is 9.83. The Hall–Kier alpha value is -2.85. The lowest BCUT2D eigenvalue weighted by molar-refractivity contribution is -0.193. The van der Waals surface area contributed by atoms with E-state index < -0.39 is 12.2 Å². The highest BCUT2D eigenvalue weighted by Crippen LogP contribution is 2.45. The molecule has 10 heteroatoms. The average Bonchev–Trinajstić information content (AvgIpc) is 3.78. The smallest absolute Gasteiger partial charge is 0.378 e. The Balaban J connectivity index is 1.22. The second-order valence-electron chi connectivity index (χ2n) is 11.4. The number of morpholine rings is 1. The molecule has 3 fully saturated rings.